The van der Waals surface area contributed by atoms with E-state index in [1.54, 1.807) is 0 Å². The Morgan fingerprint density at radius 2 is 0.689 bits per heavy atom. The molecule has 0 aliphatic heterocycles. The zero-order chi connectivity index (χ0) is 29.7. The highest BCUT2D eigenvalue weighted by atomic mass is 16.3. The molecule has 9 rings (SSSR count). The molecule has 0 atom stereocenters. The van der Waals surface area contributed by atoms with Gasteiger partial charge in [-0.05, 0) is 78.2 Å². The first-order valence-corrected chi connectivity index (χ1v) is 15.4. The molecule has 0 saturated heterocycles. The largest absolute Gasteiger partial charge is 0.456 e. The fraction of sp³-hybridized carbons (Fsp3) is 0. The van der Waals surface area contributed by atoms with E-state index in [0.717, 1.165) is 16.6 Å². The lowest BCUT2D eigenvalue weighted by atomic mass is 9.84. The Balaban J connectivity index is 1.22. The number of fused-ring (bicyclic) bond motifs is 5. The van der Waals surface area contributed by atoms with Crippen LogP contribution in [0.1, 0.15) is 0 Å². The van der Waals surface area contributed by atoms with E-state index >= 15 is 0 Å². The Kier molecular flexibility index (Phi) is 5.89. The van der Waals surface area contributed by atoms with Gasteiger partial charge >= 0.3 is 0 Å². The molecule has 0 radical (unpaired) electrons. The summed E-state index contributed by atoms with van der Waals surface area (Å²) >= 11 is 0. The number of hydrogen-bond donors (Lipinski definition) is 0. The molecule has 0 fully saturated rings. The van der Waals surface area contributed by atoms with Crippen LogP contribution in [0, 0.1) is 0 Å². The minimum Gasteiger partial charge on any atom is -0.456 e. The maximum absolute atomic E-state index is 6.31. The third-order valence-corrected chi connectivity index (χ3v) is 9.10. The Bertz CT molecular complexity index is 2440. The van der Waals surface area contributed by atoms with Crippen molar-refractivity contribution in [3.8, 4) is 44.5 Å². The molecule has 0 N–H and O–H groups in total. The fourth-order valence-electron chi connectivity index (χ4n) is 7.03. The maximum Gasteiger partial charge on any atom is 0.136 e. The highest BCUT2D eigenvalue weighted by Gasteiger charge is 2.20. The summed E-state index contributed by atoms with van der Waals surface area (Å²) in [6.07, 6.45) is 0. The Morgan fingerprint density at radius 3 is 1.27 bits per heavy atom. The molecule has 0 bridgehead atoms. The number of hydrogen-bond acceptors (Lipinski definition) is 1. The van der Waals surface area contributed by atoms with E-state index in [0.29, 0.717) is 0 Å². The highest BCUT2D eigenvalue weighted by Crippen LogP contribution is 2.46. The van der Waals surface area contributed by atoms with E-state index in [2.05, 4.69) is 164 Å². The Hall–Kier alpha value is -5.92. The molecule has 1 aromatic heterocycles. The number of furan rings is 1. The first kappa shape index (κ1) is 25.6. The van der Waals surface area contributed by atoms with Crippen LogP contribution in [0.2, 0.25) is 0 Å². The smallest absolute Gasteiger partial charge is 0.136 e. The minimum absolute atomic E-state index is 0.915. The topological polar surface area (TPSA) is 13.1 Å². The van der Waals surface area contributed by atoms with Crippen molar-refractivity contribution >= 4 is 43.5 Å². The molecule has 0 aliphatic carbocycles. The molecule has 9 aromatic rings. The summed E-state index contributed by atoms with van der Waals surface area (Å²) in [6.45, 7) is 0. The fourth-order valence-corrected chi connectivity index (χ4v) is 7.03. The molecule has 210 valence electrons. The van der Waals surface area contributed by atoms with Gasteiger partial charge in [-0.3, -0.25) is 0 Å². The molecule has 0 aliphatic rings. The molecular weight excluding hydrogens is 544 g/mol. The zero-order valence-electron chi connectivity index (χ0n) is 24.6. The lowest BCUT2D eigenvalue weighted by molar-refractivity contribution is 0.669. The summed E-state index contributed by atoms with van der Waals surface area (Å²) in [7, 11) is 0. The number of rotatable bonds is 4. The van der Waals surface area contributed by atoms with Gasteiger partial charge in [0.15, 0.2) is 0 Å². The zero-order valence-corrected chi connectivity index (χ0v) is 24.6. The number of para-hydroxylation sites is 1. The molecule has 0 spiro atoms. The average Bonchev–Trinajstić information content (AvgIpc) is 3.50. The van der Waals surface area contributed by atoms with Crippen molar-refractivity contribution in [1.82, 2.24) is 0 Å². The predicted molar refractivity (Wildman–Crippen MR) is 190 cm³/mol. The molecule has 0 saturated carbocycles. The van der Waals surface area contributed by atoms with Crippen LogP contribution in [0.3, 0.4) is 0 Å². The Labute approximate surface area is 261 Å². The Morgan fingerprint density at radius 1 is 0.267 bits per heavy atom. The SMILES string of the molecule is c1ccc(-c2ccc(-c3ccc(-c4c5ccccc5c(-c5cccc6oc7ccccc7c56)c5ccccc45)cc3)cc2)cc1. The van der Waals surface area contributed by atoms with Gasteiger partial charge < -0.3 is 4.42 Å². The quantitative estimate of drug-likeness (QED) is 0.191. The molecule has 0 unspecified atom stereocenters. The lowest BCUT2D eigenvalue weighted by Crippen LogP contribution is -1.91. The molecule has 1 heterocycles. The summed E-state index contributed by atoms with van der Waals surface area (Å²) in [6, 6.07) is 60.9. The predicted octanol–water partition coefficient (Wildman–Crippen LogP) is 12.6. The minimum atomic E-state index is 0.915. The van der Waals surface area contributed by atoms with Crippen molar-refractivity contribution in [3.05, 3.63) is 170 Å². The molecule has 1 heteroatoms. The molecule has 1 nitrogen and oxygen atoms in total. The van der Waals surface area contributed by atoms with Gasteiger partial charge in [-0.15, -0.1) is 0 Å². The van der Waals surface area contributed by atoms with Gasteiger partial charge in [0.2, 0.25) is 0 Å². The van der Waals surface area contributed by atoms with Gasteiger partial charge in [0.1, 0.15) is 11.2 Å². The van der Waals surface area contributed by atoms with Crippen LogP contribution in [-0.2, 0) is 0 Å². The summed E-state index contributed by atoms with van der Waals surface area (Å²) in [5.74, 6) is 0. The second kappa shape index (κ2) is 10.4. The van der Waals surface area contributed by atoms with E-state index in [1.165, 1.54) is 71.4 Å². The van der Waals surface area contributed by atoms with Crippen molar-refractivity contribution in [2.45, 2.75) is 0 Å². The summed E-state index contributed by atoms with van der Waals surface area (Å²) in [5.41, 5.74) is 11.6. The molecule has 0 amide bonds. The van der Waals surface area contributed by atoms with Gasteiger partial charge in [0.05, 0.1) is 0 Å². The second-order valence-corrected chi connectivity index (χ2v) is 11.6. The van der Waals surface area contributed by atoms with Gasteiger partial charge in [-0.1, -0.05) is 158 Å². The van der Waals surface area contributed by atoms with Crippen LogP contribution in [-0.4, -0.2) is 0 Å². The van der Waals surface area contributed by atoms with Crippen LogP contribution in [0.15, 0.2) is 174 Å². The molecular formula is C44H28O. The van der Waals surface area contributed by atoms with Crippen LogP contribution in [0.4, 0.5) is 0 Å². The second-order valence-electron chi connectivity index (χ2n) is 11.6. The van der Waals surface area contributed by atoms with Gasteiger partial charge in [0, 0.05) is 10.8 Å². The molecule has 45 heavy (non-hydrogen) atoms. The lowest BCUT2D eigenvalue weighted by Gasteiger charge is -2.18. The summed E-state index contributed by atoms with van der Waals surface area (Å²) < 4.78 is 6.31. The van der Waals surface area contributed by atoms with Crippen molar-refractivity contribution < 1.29 is 4.42 Å². The van der Waals surface area contributed by atoms with Crippen molar-refractivity contribution in [1.29, 1.82) is 0 Å². The standard InChI is InChI=1S/C44H28O/c1-2-11-29(12-3-1)30-21-23-31(24-22-30)32-25-27-33(28-26-32)42-34-13-4-6-15-36(34)43(37-16-7-5-14-35(37)42)39-18-10-20-41-44(39)38-17-8-9-19-40(38)45-41/h1-28H. The van der Waals surface area contributed by atoms with Gasteiger partial charge in [-0.25, -0.2) is 0 Å². The summed E-state index contributed by atoms with van der Waals surface area (Å²) in [4.78, 5) is 0. The molecule has 8 aromatic carbocycles. The van der Waals surface area contributed by atoms with Crippen molar-refractivity contribution in [2.24, 2.45) is 0 Å². The van der Waals surface area contributed by atoms with Crippen LogP contribution >= 0.6 is 0 Å². The first-order chi connectivity index (χ1) is 22.3. The maximum atomic E-state index is 6.31. The van der Waals surface area contributed by atoms with E-state index < -0.39 is 0 Å². The van der Waals surface area contributed by atoms with E-state index in [1.807, 2.05) is 6.07 Å². The highest BCUT2D eigenvalue weighted by molar-refractivity contribution is 6.25. The third kappa shape index (κ3) is 4.17. The van der Waals surface area contributed by atoms with Gasteiger partial charge in [0.25, 0.3) is 0 Å². The van der Waals surface area contributed by atoms with Crippen LogP contribution in [0.25, 0.3) is 88.0 Å². The van der Waals surface area contributed by atoms with Gasteiger partial charge in [-0.2, -0.15) is 0 Å². The van der Waals surface area contributed by atoms with E-state index in [-0.39, 0.29) is 0 Å². The van der Waals surface area contributed by atoms with E-state index in [9.17, 15) is 0 Å². The normalized spacial score (nSPS) is 11.6. The average molecular weight is 573 g/mol. The van der Waals surface area contributed by atoms with Crippen LogP contribution < -0.4 is 0 Å². The third-order valence-electron chi connectivity index (χ3n) is 9.10. The monoisotopic (exact) mass is 572 g/mol. The first-order valence-electron chi connectivity index (χ1n) is 15.4. The summed E-state index contributed by atoms with van der Waals surface area (Å²) in [5, 5.41) is 7.28. The van der Waals surface area contributed by atoms with E-state index in [4.69, 9.17) is 4.42 Å². The van der Waals surface area contributed by atoms with Crippen LogP contribution in [0.5, 0.6) is 0 Å². The van der Waals surface area contributed by atoms with Crippen molar-refractivity contribution in [3.63, 3.8) is 0 Å². The number of benzene rings is 8. The van der Waals surface area contributed by atoms with Crippen molar-refractivity contribution in [2.75, 3.05) is 0 Å².